The monoisotopic (exact) mass is 402 g/mol. The van der Waals surface area contributed by atoms with Gasteiger partial charge in [-0.15, -0.1) is 0 Å². The molecule has 1 amide bonds. The van der Waals surface area contributed by atoms with Crippen molar-refractivity contribution in [1.82, 2.24) is 9.80 Å². The van der Waals surface area contributed by atoms with Gasteiger partial charge in [0.25, 0.3) is 0 Å². The summed E-state index contributed by atoms with van der Waals surface area (Å²) in [5.74, 6) is -1.25. The zero-order valence-corrected chi connectivity index (χ0v) is 17.6. The molecule has 0 aliphatic carbocycles. The highest BCUT2D eigenvalue weighted by atomic mass is 16.6. The van der Waals surface area contributed by atoms with Crippen LogP contribution in [0.4, 0.5) is 4.79 Å². The van der Waals surface area contributed by atoms with Crippen molar-refractivity contribution < 1.29 is 23.9 Å². The Labute approximate surface area is 172 Å². The number of likely N-dealkylation sites (tertiary alicyclic amines) is 1. The lowest BCUT2D eigenvalue weighted by molar-refractivity contribution is -0.142. The van der Waals surface area contributed by atoms with Crippen LogP contribution < -0.4 is 0 Å². The number of rotatable bonds is 8. The molecule has 1 atom stereocenters. The van der Waals surface area contributed by atoms with Crippen molar-refractivity contribution in [2.24, 2.45) is 5.92 Å². The Hall–Kier alpha value is -2.83. The van der Waals surface area contributed by atoms with Gasteiger partial charge in [0.15, 0.2) is 5.78 Å². The molecule has 0 radical (unpaired) electrons. The minimum atomic E-state index is -0.665. The number of nitrogens with zero attached hydrogens (tertiary/aromatic N) is 2. The number of ketones is 1. The second-order valence-corrected chi connectivity index (χ2v) is 7.65. The highest BCUT2D eigenvalue weighted by Crippen LogP contribution is 2.20. The molecule has 29 heavy (non-hydrogen) atoms. The van der Waals surface area contributed by atoms with Crippen LogP contribution in [0.1, 0.15) is 32.3 Å². The van der Waals surface area contributed by atoms with Gasteiger partial charge in [-0.3, -0.25) is 4.79 Å². The summed E-state index contributed by atoms with van der Waals surface area (Å²) < 4.78 is 10.8. The molecule has 1 aliphatic heterocycles. The largest absolute Gasteiger partial charge is 0.460 e. The molecule has 0 spiro atoms. The van der Waals surface area contributed by atoms with Crippen molar-refractivity contribution in [3.63, 3.8) is 0 Å². The van der Waals surface area contributed by atoms with Crippen LogP contribution in [0.2, 0.25) is 0 Å². The summed E-state index contributed by atoms with van der Waals surface area (Å²) in [7, 11) is 3.48. The van der Waals surface area contributed by atoms with Crippen LogP contribution >= 0.6 is 0 Å². The lowest BCUT2D eigenvalue weighted by atomic mass is 10.0. The lowest BCUT2D eigenvalue weighted by Crippen LogP contribution is -2.39. The fourth-order valence-corrected chi connectivity index (χ4v) is 3.09. The fourth-order valence-electron chi connectivity index (χ4n) is 3.09. The Bertz CT molecular complexity index is 743. The standard InChI is InChI=1S/C22H30N2O5/c1-16(2)20(25)19(13-23(3)4)21(26)28-15-18-11-8-12-24(18)22(27)29-14-17-9-6-5-7-10-17/h5-7,9-10,13,16,18H,8,11-12,14-15H2,1-4H3/b19-13-. The van der Waals surface area contributed by atoms with E-state index in [4.69, 9.17) is 9.47 Å². The number of carbonyl (C=O) groups excluding carboxylic acids is 3. The minimum Gasteiger partial charge on any atom is -0.460 e. The van der Waals surface area contributed by atoms with Crippen LogP contribution in [0.3, 0.4) is 0 Å². The van der Waals surface area contributed by atoms with Crippen molar-refractivity contribution >= 4 is 17.8 Å². The van der Waals surface area contributed by atoms with Crippen molar-refractivity contribution in [2.45, 2.75) is 39.3 Å². The van der Waals surface area contributed by atoms with E-state index in [1.165, 1.54) is 6.20 Å². The summed E-state index contributed by atoms with van der Waals surface area (Å²) in [6.45, 7) is 4.26. The number of ether oxygens (including phenoxy) is 2. The van der Waals surface area contributed by atoms with Crippen molar-refractivity contribution in [3.8, 4) is 0 Å². The maximum atomic E-state index is 12.5. The molecule has 7 heteroatoms. The highest BCUT2D eigenvalue weighted by molar-refractivity contribution is 6.17. The SMILES string of the molecule is CC(C)C(=O)/C(=C/N(C)C)C(=O)OCC1CCCN1C(=O)OCc1ccccc1. The molecule has 0 bridgehead atoms. The number of hydrogen-bond acceptors (Lipinski definition) is 6. The third kappa shape index (κ3) is 6.62. The number of esters is 1. The van der Waals surface area contributed by atoms with E-state index in [2.05, 4.69) is 0 Å². The Kier molecular flexibility index (Phi) is 8.24. The Morgan fingerprint density at radius 3 is 2.48 bits per heavy atom. The molecule has 1 aromatic rings. The number of amides is 1. The molecule has 1 heterocycles. The maximum Gasteiger partial charge on any atom is 0.410 e. The molecule has 1 unspecified atom stereocenters. The molecular weight excluding hydrogens is 372 g/mol. The van der Waals surface area contributed by atoms with Crippen LogP contribution in [-0.2, 0) is 25.7 Å². The average molecular weight is 402 g/mol. The Balaban J connectivity index is 1.93. The molecule has 1 saturated heterocycles. The normalized spacial score (nSPS) is 16.7. The first-order valence-corrected chi connectivity index (χ1v) is 9.86. The van der Waals surface area contributed by atoms with Gasteiger partial charge in [-0.1, -0.05) is 44.2 Å². The molecular formula is C22H30N2O5. The van der Waals surface area contributed by atoms with E-state index in [0.717, 1.165) is 18.4 Å². The highest BCUT2D eigenvalue weighted by Gasteiger charge is 2.32. The fraction of sp³-hybridized carbons (Fsp3) is 0.500. The van der Waals surface area contributed by atoms with E-state index in [1.54, 1.807) is 37.7 Å². The Morgan fingerprint density at radius 2 is 1.86 bits per heavy atom. The van der Waals surface area contributed by atoms with Gasteiger partial charge < -0.3 is 19.3 Å². The third-order valence-corrected chi connectivity index (χ3v) is 4.62. The van der Waals surface area contributed by atoms with Gasteiger partial charge in [-0.2, -0.15) is 0 Å². The summed E-state index contributed by atoms with van der Waals surface area (Å²) >= 11 is 0. The third-order valence-electron chi connectivity index (χ3n) is 4.62. The van der Waals surface area contributed by atoms with Gasteiger partial charge in [-0.25, -0.2) is 9.59 Å². The van der Waals surface area contributed by atoms with Gasteiger partial charge >= 0.3 is 12.1 Å². The molecule has 1 aromatic carbocycles. The Morgan fingerprint density at radius 1 is 1.17 bits per heavy atom. The van der Waals surface area contributed by atoms with E-state index >= 15 is 0 Å². The minimum absolute atomic E-state index is 0.0150. The predicted octanol–water partition coefficient (Wildman–Crippen LogP) is 3.00. The smallest absolute Gasteiger partial charge is 0.410 e. The molecule has 158 valence electrons. The van der Waals surface area contributed by atoms with Gasteiger partial charge in [0.05, 0.1) is 6.04 Å². The zero-order chi connectivity index (χ0) is 21.4. The average Bonchev–Trinajstić information content (AvgIpc) is 3.17. The van der Waals surface area contributed by atoms with Crippen molar-refractivity contribution in [3.05, 3.63) is 47.7 Å². The van der Waals surface area contributed by atoms with E-state index in [0.29, 0.717) is 6.54 Å². The summed E-state index contributed by atoms with van der Waals surface area (Å²) in [5.41, 5.74) is 0.926. The van der Waals surface area contributed by atoms with Crippen molar-refractivity contribution in [2.75, 3.05) is 27.2 Å². The molecule has 2 rings (SSSR count). The van der Waals surface area contributed by atoms with Gasteiger partial charge in [-0.05, 0) is 18.4 Å². The molecule has 0 N–H and O–H groups in total. The van der Waals surface area contributed by atoms with Crippen LogP contribution in [0.25, 0.3) is 0 Å². The number of Topliss-reactive ketones (excluding diaryl/α,β-unsaturated/α-hetero) is 1. The van der Waals surface area contributed by atoms with E-state index in [9.17, 15) is 14.4 Å². The van der Waals surface area contributed by atoms with Gasteiger partial charge in [0.2, 0.25) is 0 Å². The number of carbonyl (C=O) groups is 3. The molecule has 1 aliphatic rings. The van der Waals surface area contributed by atoms with Crippen LogP contribution in [0, 0.1) is 5.92 Å². The molecule has 0 saturated carbocycles. The van der Waals surface area contributed by atoms with E-state index in [-0.39, 0.29) is 36.5 Å². The van der Waals surface area contributed by atoms with E-state index in [1.807, 2.05) is 30.3 Å². The van der Waals surface area contributed by atoms with Crippen LogP contribution in [0.5, 0.6) is 0 Å². The summed E-state index contributed by atoms with van der Waals surface area (Å²) in [4.78, 5) is 40.5. The summed E-state index contributed by atoms with van der Waals surface area (Å²) in [6, 6.07) is 9.20. The predicted molar refractivity (Wildman–Crippen MR) is 109 cm³/mol. The van der Waals surface area contributed by atoms with Crippen LogP contribution in [0.15, 0.2) is 42.1 Å². The van der Waals surface area contributed by atoms with Gasteiger partial charge in [0.1, 0.15) is 18.8 Å². The van der Waals surface area contributed by atoms with E-state index < -0.39 is 12.1 Å². The van der Waals surface area contributed by atoms with Crippen molar-refractivity contribution in [1.29, 1.82) is 0 Å². The van der Waals surface area contributed by atoms with Crippen LogP contribution in [-0.4, -0.2) is 60.9 Å². The second kappa shape index (κ2) is 10.6. The topological polar surface area (TPSA) is 76.2 Å². The first-order chi connectivity index (χ1) is 13.8. The molecule has 0 aromatic heterocycles. The second-order valence-electron chi connectivity index (χ2n) is 7.65. The summed E-state index contributed by atoms with van der Waals surface area (Å²) in [6.07, 6.45) is 2.59. The molecule has 1 fully saturated rings. The quantitative estimate of drug-likeness (QED) is 0.288. The molecule has 7 nitrogen and oxygen atoms in total. The lowest BCUT2D eigenvalue weighted by Gasteiger charge is -2.24. The zero-order valence-electron chi connectivity index (χ0n) is 17.6. The van der Waals surface area contributed by atoms with Gasteiger partial charge in [0, 0.05) is 32.8 Å². The number of hydrogen-bond donors (Lipinski definition) is 0. The number of benzene rings is 1. The first-order valence-electron chi connectivity index (χ1n) is 9.86. The summed E-state index contributed by atoms with van der Waals surface area (Å²) in [5, 5.41) is 0. The maximum absolute atomic E-state index is 12.5. The first kappa shape index (κ1) is 22.5.